The molecule has 1 unspecified atom stereocenters. The average Bonchev–Trinajstić information content (AvgIpc) is 2.88. The fourth-order valence-corrected chi connectivity index (χ4v) is 3.48. The lowest BCUT2D eigenvalue weighted by atomic mass is 9.96. The van der Waals surface area contributed by atoms with Gasteiger partial charge in [-0.2, -0.15) is 5.26 Å². The second kappa shape index (κ2) is 12.1. The van der Waals surface area contributed by atoms with Crippen LogP contribution in [-0.2, 0) is 0 Å². The van der Waals surface area contributed by atoms with Gasteiger partial charge in [0.15, 0.2) is 17.7 Å². The summed E-state index contributed by atoms with van der Waals surface area (Å²) in [7, 11) is 3.05. The topological polar surface area (TPSA) is 113 Å². The molecule has 2 amide bonds. The number of carbonyl (C=O) groups excluding carboxylic acids is 1. The third kappa shape index (κ3) is 6.31. The highest BCUT2D eigenvalue weighted by Gasteiger charge is 2.16. The number of aliphatic hydroxyl groups is 1. The van der Waals surface area contributed by atoms with Crippen molar-refractivity contribution >= 4 is 17.3 Å². The van der Waals surface area contributed by atoms with Gasteiger partial charge in [0.25, 0.3) is 0 Å². The first-order valence-electron chi connectivity index (χ1n) is 10.9. The van der Waals surface area contributed by atoms with Crippen molar-refractivity contribution < 1.29 is 24.1 Å². The highest BCUT2D eigenvalue weighted by atomic mass is 16.5. The molecule has 0 saturated heterocycles. The van der Waals surface area contributed by atoms with E-state index in [2.05, 4.69) is 16.7 Å². The standard InChI is InChI=1S/C27H27N3O5/c1-4-35-25-17-20(11-13-24(25)34-3)21(14-15-28)19-10-12-23(33-2)22(16-19)29-27(32)30-26(31)18-8-6-5-7-9-18/h5-14,16-17,26,31H,4H2,1-3H3,(H2,29,30,32)/b21-14+. The Balaban J connectivity index is 1.91. The number of ether oxygens (including phenoxy) is 3. The molecule has 0 aliphatic carbocycles. The highest BCUT2D eigenvalue weighted by Crippen LogP contribution is 2.35. The van der Waals surface area contributed by atoms with Crippen LogP contribution < -0.4 is 24.8 Å². The van der Waals surface area contributed by atoms with Gasteiger partial charge in [0.1, 0.15) is 5.75 Å². The molecule has 35 heavy (non-hydrogen) atoms. The minimum Gasteiger partial charge on any atom is -0.495 e. The summed E-state index contributed by atoms with van der Waals surface area (Å²) in [4.78, 5) is 12.6. The minimum atomic E-state index is -1.18. The maximum Gasteiger partial charge on any atom is 0.321 e. The summed E-state index contributed by atoms with van der Waals surface area (Å²) in [5.41, 5.74) is 2.93. The zero-order chi connectivity index (χ0) is 25.2. The molecule has 3 N–H and O–H groups in total. The molecule has 180 valence electrons. The van der Waals surface area contributed by atoms with E-state index in [0.717, 1.165) is 5.56 Å². The van der Waals surface area contributed by atoms with Gasteiger partial charge in [0.05, 0.1) is 32.6 Å². The number of rotatable bonds is 9. The van der Waals surface area contributed by atoms with Crippen LogP contribution in [0.15, 0.2) is 72.8 Å². The summed E-state index contributed by atoms with van der Waals surface area (Å²) < 4.78 is 16.4. The average molecular weight is 474 g/mol. The van der Waals surface area contributed by atoms with E-state index in [4.69, 9.17) is 14.2 Å². The van der Waals surface area contributed by atoms with Crippen LogP contribution in [0.5, 0.6) is 17.2 Å². The van der Waals surface area contributed by atoms with Crippen LogP contribution in [0.2, 0.25) is 0 Å². The smallest absolute Gasteiger partial charge is 0.321 e. The summed E-state index contributed by atoms with van der Waals surface area (Å²) >= 11 is 0. The number of methoxy groups -OCH3 is 2. The second-order valence-corrected chi connectivity index (χ2v) is 7.31. The molecular formula is C27H27N3O5. The maximum absolute atomic E-state index is 12.6. The van der Waals surface area contributed by atoms with Crippen molar-refractivity contribution in [3.63, 3.8) is 0 Å². The molecule has 0 fully saturated rings. The van der Waals surface area contributed by atoms with Crippen molar-refractivity contribution in [2.24, 2.45) is 0 Å². The molecule has 0 radical (unpaired) electrons. The number of hydrogen-bond donors (Lipinski definition) is 3. The first-order chi connectivity index (χ1) is 17.0. The van der Waals surface area contributed by atoms with E-state index in [-0.39, 0.29) is 0 Å². The number of anilines is 1. The van der Waals surface area contributed by atoms with Gasteiger partial charge in [-0.1, -0.05) is 42.5 Å². The number of nitrogens with zero attached hydrogens (tertiary/aromatic N) is 1. The Bertz CT molecular complexity index is 1240. The SMILES string of the molecule is CCOc1cc(/C(=C/C#N)c2ccc(OC)c(NC(=O)NC(O)c3ccccc3)c2)ccc1OC. The first kappa shape index (κ1) is 25.1. The van der Waals surface area contributed by atoms with Gasteiger partial charge in [-0.25, -0.2) is 4.79 Å². The Morgan fingerprint density at radius 2 is 1.66 bits per heavy atom. The van der Waals surface area contributed by atoms with Gasteiger partial charge in [-0.15, -0.1) is 0 Å². The fraction of sp³-hybridized carbons (Fsp3) is 0.185. The fourth-order valence-electron chi connectivity index (χ4n) is 3.48. The Labute approximate surface area is 204 Å². The van der Waals surface area contributed by atoms with E-state index in [0.29, 0.717) is 46.2 Å². The molecular weight excluding hydrogens is 446 g/mol. The quantitative estimate of drug-likeness (QED) is 0.302. The molecule has 0 heterocycles. The number of aliphatic hydroxyl groups excluding tert-OH is 1. The van der Waals surface area contributed by atoms with Crippen molar-refractivity contribution in [3.05, 3.63) is 89.5 Å². The number of nitriles is 1. The van der Waals surface area contributed by atoms with Crippen molar-refractivity contribution in [2.75, 3.05) is 26.1 Å². The summed E-state index contributed by atoms with van der Waals surface area (Å²) in [5.74, 6) is 1.55. The number of carbonyl (C=O) groups is 1. The molecule has 0 aliphatic heterocycles. The Hall–Kier alpha value is -4.48. The zero-order valence-electron chi connectivity index (χ0n) is 19.7. The van der Waals surface area contributed by atoms with E-state index < -0.39 is 12.3 Å². The van der Waals surface area contributed by atoms with E-state index in [1.165, 1.54) is 13.2 Å². The number of urea groups is 1. The summed E-state index contributed by atoms with van der Waals surface area (Å²) in [6.45, 7) is 2.33. The second-order valence-electron chi connectivity index (χ2n) is 7.31. The van der Waals surface area contributed by atoms with Gasteiger partial charge in [0.2, 0.25) is 0 Å². The predicted octanol–water partition coefficient (Wildman–Crippen LogP) is 4.87. The lowest BCUT2D eigenvalue weighted by Crippen LogP contribution is -2.32. The van der Waals surface area contributed by atoms with Crippen molar-refractivity contribution in [2.45, 2.75) is 13.2 Å². The van der Waals surface area contributed by atoms with Crippen LogP contribution in [0.3, 0.4) is 0 Å². The highest BCUT2D eigenvalue weighted by molar-refractivity contribution is 5.93. The zero-order valence-corrected chi connectivity index (χ0v) is 19.7. The van der Waals surface area contributed by atoms with Gasteiger partial charge < -0.3 is 30.0 Å². The number of amides is 2. The van der Waals surface area contributed by atoms with Gasteiger partial charge >= 0.3 is 6.03 Å². The molecule has 3 rings (SSSR count). The van der Waals surface area contributed by atoms with Crippen LogP contribution >= 0.6 is 0 Å². The number of allylic oxidation sites excluding steroid dienone is 1. The van der Waals surface area contributed by atoms with E-state index in [1.54, 1.807) is 61.7 Å². The van der Waals surface area contributed by atoms with E-state index >= 15 is 0 Å². The van der Waals surface area contributed by atoms with Crippen LogP contribution in [-0.4, -0.2) is 32.0 Å². The molecule has 3 aromatic carbocycles. The van der Waals surface area contributed by atoms with Gasteiger partial charge in [-0.3, -0.25) is 0 Å². The third-order valence-electron chi connectivity index (χ3n) is 5.13. The summed E-state index contributed by atoms with van der Waals surface area (Å²) in [6.07, 6.45) is 0.234. The Morgan fingerprint density at radius 3 is 2.29 bits per heavy atom. The lowest BCUT2D eigenvalue weighted by Gasteiger charge is -2.17. The number of hydrogen-bond acceptors (Lipinski definition) is 6. The Kier molecular flexibility index (Phi) is 8.70. The molecule has 1 atom stereocenters. The van der Waals surface area contributed by atoms with E-state index in [9.17, 15) is 15.2 Å². The van der Waals surface area contributed by atoms with Crippen LogP contribution in [0, 0.1) is 11.3 Å². The van der Waals surface area contributed by atoms with Crippen LogP contribution in [0.1, 0.15) is 29.8 Å². The van der Waals surface area contributed by atoms with Crippen molar-refractivity contribution in [1.29, 1.82) is 5.26 Å². The van der Waals surface area contributed by atoms with Gasteiger partial charge in [-0.05, 0) is 47.9 Å². The minimum absolute atomic E-state index is 0.366. The molecule has 8 nitrogen and oxygen atoms in total. The third-order valence-corrected chi connectivity index (χ3v) is 5.13. The van der Waals surface area contributed by atoms with Crippen molar-refractivity contribution in [3.8, 4) is 23.3 Å². The molecule has 8 heteroatoms. The summed E-state index contributed by atoms with van der Waals surface area (Å²) in [6, 6.07) is 20.8. The Morgan fingerprint density at radius 1 is 1.00 bits per heavy atom. The van der Waals surface area contributed by atoms with Gasteiger partial charge in [0, 0.05) is 11.6 Å². The number of nitrogens with one attached hydrogen (secondary N) is 2. The van der Waals surface area contributed by atoms with Crippen LogP contribution in [0.4, 0.5) is 10.5 Å². The first-order valence-corrected chi connectivity index (χ1v) is 10.9. The molecule has 3 aromatic rings. The summed E-state index contributed by atoms with van der Waals surface area (Å²) in [5, 5.41) is 24.9. The molecule has 0 aromatic heterocycles. The predicted molar refractivity (Wildman–Crippen MR) is 133 cm³/mol. The largest absolute Gasteiger partial charge is 0.495 e. The monoisotopic (exact) mass is 473 g/mol. The normalized spacial score (nSPS) is 11.7. The molecule has 0 saturated carbocycles. The lowest BCUT2D eigenvalue weighted by molar-refractivity contribution is 0.146. The molecule has 0 bridgehead atoms. The maximum atomic E-state index is 12.6. The number of benzene rings is 3. The van der Waals surface area contributed by atoms with E-state index in [1.807, 2.05) is 19.1 Å². The van der Waals surface area contributed by atoms with Crippen molar-refractivity contribution in [1.82, 2.24) is 5.32 Å². The molecule has 0 spiro atoms. The van der Waals surface area contributed by atoms with Crippen LogP contribution in [0.25, 0.3) is 5.57 Å². The molecule has 0 aliphatic rings.